The maximum absolute atomic E-state index is 12.6. The van der Waals surface area contributed by atoms with E-state index in [0.717, 1.165) is 11.1 Å². The van der Waals surface area contributed by atoms with Crippen LogP contribution in [0.1, 0.15) is 41.7 Å². The second-order valence-electron chi connectivity index (χ2n) is 7.40. The summed E-state index contributed by atoms with van der Waals surface area (Å²) in [6.07, 6.45) is 0.185. The molecule has 0 N–H and O–H groups in total. The van der Waals surface area contributed by atoms with Crippen molar-refractivity contribution in [3.8, 4) is 11.1 Å². The highest BCUT2D eigenvalue weighted by atomic mass is 16.6. The molecule has 0 aromatic heterocycles. The molecule has 3 aromatic rings. The first-order chi connectivity index (χ1) is 14.9. The maximum Gasteiger partial charge on any atom is 0.269 e. The number of hydrogen-bond donors (Lipinski definition) is 0. The van der Waals surface area contributed by atoms with Crippen molar-refractivity contribution in [2.24, 2.45) is 0 Å². The lowest BCUT2D eigenvalue weighted by atomic mass is 10.0. The number of benzene rings is 3. The number of amides is 1. The van der Waals surface area contributed by atoms with E-state index in [2.05, 4.69) is 0 Å². The Morgan fingerprint density at radius 2 is 1.55 bits per heavy atom. The van der Waals surface area contributed by atoms with Crippen molar-refractivity contribution in [1.29, 1.82) is 0 Å². The zero-order valence-electron chi connectivity index (χ0n) is 17.5. The fourth-order valence-electron chi connectivity index (χ4n) is 3.36. The molecule has 3 rings (SSSR count). The van der Waals surface area contributed by atoms with Crippen LogP contribution in [0.3, 0.4) is 0 Å². The number of rotatable bonds is 8. The molecule has 1 amide bonds. The topological polar surface area (TPSA) is 80.5 Å². The van der Waals surface area contributed by atoms with Gasteiger partial charge < -0.3 is 4.90 Å². The van der Waals surface area contributed by atoms with E-state index in [1.54, 1.807) is 38.2 Å². The number of nitro benzene ring substituents is 1. The zero-order valence-corrected chi connectivity index (χ0v) is 17.5. The van der Waals surface area contributed by atoms with E-state index < -0.39 is 4.92 Å². The third-order valence-electron chi connectivity index (χ3n) is 5.42. The summed E-state index contributed by atoms with van der Waals surface area (Å²) in [6, 6.07) is 23.2. The van der Waals surface area contributed by atoms with Crippen molar-refractivity contribution in [3.63, 3.8) is 0 Å². The van der Waals surface area contributed by atoms with Crippen LogP contribution in [0.15, 0.2) is 78.9 Å². The third-order valence-corrected chi connectivity index (χ3v) is 5.42. The van der Waals surface area contributed by atoms with Crippen LogP contribution < -0.4 is 0 Å². The van der Waals surface area contributed by atoms with E-state index >= 15 is 0 Å². The number of hydrogen-bond acceptors (Lipinski definition) is 4. The predicted molar refractivity (Wildman–Crippen MR) is 120 cm³/mol. The molecule has 0 fully saturated rings. The molecule has 0 aliphatic heterocycles. The maximum atomic E-state index is 12.6. The van der Waals surface area contributed by atoms with Gasteiger partial charge in [-0.25, -0.2) is 0 Å². The minimum atomic E-state index is -0.459. The van der Waals surface area contributed by atoms with Crippen LogP contribution in [0.5, 0.6) is 0 Å². The van der Waals surface area contributed by atoms with E-state index in [1.807, 2.05) is 42.5 Å². The predicted octanol–water partition coefficient (Wildman–Crippen LogP) is 5.44. The van der Waals surface area contributed by atoms with E-state index in [9.17, 15) is 19.7 Å². The summed E-state index contributed by atoms with van der Waals surface area (Å²) in [5.41, 5.74) is 3.33. The summed E-state index contributed by atoms with van der Waals surface area (Å²) in [6.45, 7) is 1.81. The molecule has 31 heavy (non-hydrogen) atoms. The monoisotopic (exact) mass is 416 g/mol. The molecule has 0 saturated carbocycles. The number of Topliss-reactive ketones (excluding diaryl/α,β-unsaturated/α-hetero) is 1. The molecule has 0 aliphatic rings. The quantitative estimate of drug-likeness (QED) is 0.278. The van der Waals surface area contributed by atoms with Crippen molar-refractivity contribution in [2.45, 2.75) is 25.8 Å². The summed E-state index contributed by atoms with van der Waals surface area (Å²) in [5.74, 6) is -0.280. The van der Waals surface area contributed by atoms with Crippen LogP contribution in [-0.2, 0) is 4.79 Å². The van der Waals surface area contributed by atoms with Crippen LogP contribution in [0.25, 0.3) is 11.1 Å². The van der Waals surface area contributed by atoms with Gasteiger partial charge in [-0.2, -0.15) is 0 Å². The molecular weight excluding hydrogens is 392 g/mol. The second kappa shape index (κ2) is 9.80. The Hall–Kier alpha value is -3.80. The Morgan fingerprint density at radius 1 is 0.903 bits per heavy atom. The van der Waals surface area contributed by atoms with Gasteiger partial charge >= 0.3 is 0 Å². The summed E-state index contributed by atoms with van der Waals surface area (Å²) in [7, 11) is 1.64. The van der Waals surface area contributed by atoms with Crippen molar-refractivity contribution in [2.75, 3.05) is 7.05 Å². The van der Waals surface area contributed by atoms with Gasteiger partial charge in [0.25, 0.3) is 5.69 Å². The number of carbonyl (C=O) groups excluding carboxylic acids is 2. The van der Waals surface area contributed by atoms with Crippen LogP contribution in [0, 0.1) is 10.1 Å². The summed E-state index contributed by atoms with van der Waals surface area (Å²) >= 11 is 0. The van der Waals surface area contributed by atoms with Crippen molar-refractivity contribution in [3.05, 3.63) is 100 Å². The summed E-state index contributed by atoms with van der Waals surface area (Å²) < 4.78 is 0. The average molecular weight is 416 g/mol. The van der Waals surface area contributed by atoms with Gasteiger partial charge in [-0.05, 0) is 23.6 Å². The fourth-order valence-corrected chi connectivity index (χ4v) is 3.36. The minimum absolute atomic E-state index is 0.0145. The Balaban J connectivity index is 1.59. The third kappa shape index (κ3) is 5.42. The van der Waals surface area contributed by atoms with Crippen molar-refractivity contribution in [1.82, 2.24) is 4.90 Å². The zero-order chi connectivity index (χ0) is 22.4. The smallest absolute Gasteiger partial charge is 0.269 e. The number of nitrogens with zero attached hydrogens (tertiary/aromatic N) is 2. The number of carbonyl (C=O) groups is 2. The first-order valence-corrected chi connectivity index (χ1v) is 10.1. The molecule has 0 aliphatic carbocycles. The van der Waals surface area contributed by atoms with Crippen LogP contribution in [-0.4, -0.2) is 28.6 Å². The molecule has 0 saturated heterocycles. The van der Waals surface area contributed by atoms with Crippen LogP contribution in [0.2, 0.25) is 0 Å². The molecule has 0 unspecified atom stereocenters. The lowest BCUT2D eigenvalue weighted by molar-refractivity contribution is -0.384. The van der Waals surface area contributed by atoms with Crippen molar-refractivity contribution < 1.29 is 14.5 Å². The lowest BCUT2D eigenvalue weighted by Crippen LogP contribution is -2.29. The summed E-state index contributed by atoms with van der Waals surface area (Å²) in [4.78, 5) is 37.2. The first kappa shape index (κ1) is 21.9. The van der Waals surface area contributed by atoms with E-state index in [-0.39, 0.29) is 36.3 Å². The van der Waals surface area contributed by atoms with Gasteiger partial charge in [0.1, 0.15) is 0 Å². The Kier molecular flexibility index (Phi) is 6.92. The van der Waals surface area contributed by atoms with E-state index in [1.165, 1.54) is 17.0 Å². The molecule has 1 atom stereocenters. The number of non-ortho nitro benzene ring substituents is 1. The van der Waals surface area contributed by atoms with Gasteiger partial charge in [-0.3, -0.25) is 19.7 Å². The lowest BCUT2D eigenvalue weighted by Gasteiger charge is -2.25. The highest BCUT2D eigenvalue weighted by Crippen LogP contribution is 2.24. The molecule has 0 bridgehead atoms. The molecule has 6 nitrogen and oxygen atoms in total. The molecule has 3 aromatic carbocycles. The highest BCUT2D eigenvalue weighted by molar-refractivity contribution is 5.98. The molecule has 0 heterocycles. The van der Waals surface area contributed by atoms with Crippen LogP contribution in [0.4, 0.5) is 5.69 Å². The van der Waals surface area contributed by atoms with E-state index in [0.29, 0.717) is 11.1 Å². The number of nitro groups is 1. The van der Waals surface area contributed by atoms with Gasteiger partial charge in [-0.1, -0.05) is 66.7 Å². The SMILES string of the molecule is C[C@@H](c1cccc([N+](=O)[O-])c1)N(C)C(=O)CCC(=O)c1ccc(-c2ccccc2)cc1. The Labute approximate surface area is 181 Å². The minimum Gasteiger partial charge on any atom is -0.339 e. The normalized spacial score (nSPS) is 11.5. The average Bonchev–Trinajstić information content (AvgIpc) is 2.82. The molecule has 0 spiro atoms. The first-order valence-electron chi connectivity index (χ1n) is 10.1. The van der Waals surface area contributed by atoms with Crippen LogP contribution >= 0.6 is 0 Å². The number of ketones is 1. The highest BCUT2D eigenvalue weighted by Gasteiger charge is 2.20. The van der Waals surface area contributed by atoms with Gasteiger partial charge in [0, 0.05) is 37.6 Å². The largest absolute Gasteiger partial charge is 0.339 e. The fraction of sp³-hybridized carbons (Fsp3) is 0.200. The second-order valence-corrected chi connectivity index (χ2v) is 7.40. The molecular formula is C25H24N2O4. The van der Waals surface area contributed by atoms with Gasteiger partial charge in [-0.15, -0.1) is 0 Å². The molecule has 158 valence electrons. The summed E-state index contributed by atoms with van der Waals surface area (Å²) in [5, 5.41) is 11.0. The van der Waals surface area contributed by atoms with Crippen molar-refractivity contribution >= 4 is 17.4 Å². The van der Waals surface area contributed by atoms with Gasteiger partial charge in [0.15, 0.2) is 5.78 Å². The van der Waals surface area contributed by atoms with Gasteiger partial charge in [0.2, 0.25) is 5.91 Å². The van der Waals surface area contributed by atoms with Gasteiger partial charge in [0.05, 0.1) is 11.0 Å². The standard InChI is InChI=1S/C25H24N2O4/c1-18(22-9-6-10-23(17-22)27(30)31)26(2)25(29)16-15-24(28)21-13-11-20(12-14-21)19-7-4-3-5-8-19/h3-14,17-18H,15-16H2,1-2H3/t18-/m0/s1. The Morgan fingerprint density at radius 3 is 2.19 bits per heavy atom. The molecule has 0 radical (unpaired) electrons. The van der Waals surface area contributed by atoms with E-state index in [4.69, 9.17) is 0 Å². The molecule has 6 heteroatoms. The Bertz CT molecular complexity index is 1080.